The van der Waals surface area contributed by atoms with Gasteiger partial charge in [0, 0.05) is 0 Å². The first-order valence-electron chi connectivity index (χ1n) is 8.09. The zero-order chi connectivity index (χ0) is 17.9. The largest absolute Gasteiger partial charge is 0.291 e. The minimum atomic E-state index is -0.273. The third kappa shape index (κ3) is 3.10. The number of hydrogen-bond donors (Lipinski definition) is 2. The number of benzene rings is 2. The van der Waals surface area contributed by atoms with Crippen LogP contribution in [0.1, 0.15) is 16.7 Å². The molecule has 0 fully saturated rings. The standard InChI is InChI=1S/C19H16N6O/c1-13-17(18(26)25(22-13)19-20-23-24-21-19)12-16-9-5-8-15(11-16)10-14-6-3-2-4-7-14/h2-9,11-12,22H,1,10H2,(H,20,21,23,24)/b17-12-. The van der Waals surface area contributed by atoms with Gasteiger partial charge in [0.05, 0.1) is 10.6 Å². The smallest absolute Gasteiger partial charge is 0.288 e. The van der Waals surface area contributed by atoms with Crippen molar-refractivity contribution in [3.63, 3.8) is 0 Å². The molecule has 2 N–H and O–H groups in total. The highest BCUT2D eigenvalue weighted by molar-refractivity contribution is 5.51. The molecule has 0 unspecified atom stereocenters. The van der Waals surface area contributed by atoms with Gasteiger partial charge in [-0.05, 0) is 34.4 Å². The highest BCUT2D eigenvalue weighted by atomic mass is 16.1. The first-order valence-corrected chi connectivity index (χ1v) is 8.09. The van der Waals surface area contributed by atoms with E-state index >= 15 is 0 Å². The number of H-pyrrole nitrogens is 2. The molecule has 4 rings (SSSR count). The highest BCUT2D eigenvalue weighted by Gasteiger charge is 2.08. The zero-order valence-corrected chi connectivity index (χ0v) is 13.9. The SMILES string of the molecule is C=c1[nH]n(-c2nn[nH]n2)c(=O)/c1=C\c1cccc(Cc2ccccc2)c1. The lowest BCUT2D eigenvalue weighted by Gasteiger charge is -2.03. The van der Waals surface area contributed by atoms with Crippen molar-refractivity contribution in [1.29, 1.82) is 0 Å². The summed E-state index contributed by atoms with van der Waals surface area (Å²) in [6.45, 7) is 3.90. The predicted octanol–water partition coefficient (Wildman–Crippen LogP) is 0.509. The molecule has 26 heavy (non-hydrogen) atoms. The van der Waals surface area contributed by atoms with Crippen molar-refractivity contribution in [2.45, 2.75) is 6.42 Å². The third-order valence-corrected chi connectivity index (χ3v) is 4.05. The van der Waals surface area contributed by atoms with E-state index in [-0.39, 0.29) is 11.5 Å². The van der Waals surface area contributed by atoms with Crippen molar-refractivity contribution in [3.05, 3.63) is 92.2 Å². The van der Waals surface area contributed by atoms with E-state index < -0.39 is 0 Å². The molecule has 0 spiro atoms. The number of aromatic amines is 2. The van der Waals surface area contributed by atoms with E-state index in [1.54, 1.807) is 0 Å². The molecule has 0 amide bonds. The Bertz CT molecular complexity index is 1190. The van der Waals surface area contributed by atoms with E-state index in [0.29, 0.717) is 10.6 Å². The molecule has 0 aliphatic rings. The lowest BCUT2D eigenvalue weighted by atomic mass is 10.0. The Morgan fingerprint density at radius 1 is 1.08 bits per heavy atom. The minimum absolute atomic E-state index is 0.150. The molecular formula is C19H16N6O. The van der Waals surface area contributed by atoms with Crippen LogP contribution in [-0.4, -0.2) is 30.4 Å². The Kier molecular flexibility index (Phi) is 4.03. The van der Waals surface area contributed by atoms with Crippen LogP contribution in [0.2, 0.25) is 0 Å². The van der Waals surface area contributed by atoms with Gasteiger partial charge >= 0.3 is 0 Å². The van der Waals surface area contributed by atoms with Gasteiger partial charge in [-0.15, -0.1) is 5.10 Å². The predicted molar refractivity (Wildman–Crippen MR) is 98.2 cm³/mol. The molecule has 2 heterocycles. The van der Waals surface area contributed by atoms with E-state index in [0.717, 1.165) is 12.0 Å². The Labute approximate surface area is 148 Å². The van der Waals surface area contributed by atoms with Crippen LogP contribution in [0.25, 0.3) is 18.6 Å². The first kappa shape index (κ1) is 15.8. The molecule has 0 bridgehead atoms. The van der Waals surface area contributed by atoms with Gasteiger partial charge in [-0.2, -0.15) is 9.90 Å². The van der Waals surface area contributed by atoms with Crippen molar-refractivity contribution in [3.8, 4) is 5.95 Å². The summed E-state index contributed by atoms with van der Waals surface area (Å²) in [7, 11) is 0. The van der Waals surface area contributed by atoms with Crippen LogP contribution in [0.15, 0.2) is 59.4 Å². The average molecular weight is 344 g/mol. The second-order valence-corrected chi connectivity index (χ2v) is 5.91. The van der Waals surface area contributed by atoms with Crippen LogP contribution >= 0.6 is 0 Å². The maximum absolute atomic E-state index is 12.6. The monoisotopic (exact) mass is 344 g/mol. The topological polar surface area (TPSA) is 92.2 Å². The van der Waals surface area contributed by atoms with Crippen LogP contribution in [0.3, 0.4) is 0 Å². The number of tetrazole rings is 1. The lowest BCUT2D eigenvalue weighted by Crippen LogP contribution is -2.34. The molecule has 0 saturated carbocycles. The van der Waals surface area contributed by atoms with Crippen LogP contribution in [0, 0.1) is 0 Å². The van der Waals surface area contributed by atoms with Gasteiger partial charge in [0.2, 0.25) is 0 Å². The molecule has 2 aromatic carbocycles. The summed E-state index contributed by atoms with van der Waals surface area (Å²) < 4.78 is 1.21. The summed E-state index contributed by atoms with van der Waals surface area (Å²) in [5, 5.41) is 17.2. The second kappa shape index (κ2) is 6.64. The second-order valence-electron chi connectivity index (χ2n) is 5.91. The number of rotatable bonds is 4. The highest BCUT2D eigenvalue weighted by Crippen LogP contribution is 2.11. The maximum Gasteiger partial charge on any atom is 0.291 e. The molecule has 2 aromatic heterocycles. The Morgan fingerprint density at radius 2 is 1.88 bits per heavy atom. The van der Waals surface area contributed by atoms with E-state index in [4.69, 9.17) is 0 Å². The van der Waals surface area contributed by atoms with E-state index in [9.17, 15) is 4.79 Å². The number of nitrogens with zero attached hydrogens (tertiary/aromatic N) is 4. The summed E-state index contributed by atoms with van der Waals surface area (Å²) in [6, 6.07) is 18.3. The Morgan fingerprint density at radius 3 is 2.65 bits per heavy atom. The van der Waals surface area contributed by atoms with Crippen LogP contribution < -0.4 is 16.1 Å². The fourth-order valence-corrected chi connectivity index (χ4v) is 2.83. The summed E-state index contributed by atoms with van der Waals surface area (Å²) >= 11 is 0. The van der Waals surface area contributed by atoms with Gasteiger partial charge in [0.25, 0.3) is 11.5 Å². The van der Waals surface area contributed by atoms with Gasteiger partial charge < -0.3 is 0 Å². The fraction of sp³-hybridized carbons (Fsp3) is 0.0526. The molecule has 7 nitrogen and oxygen atoms in total. The molecular weight excluding hydrogens is 328 g/mol. The van der Waals surface area contributed by atoms with Gasteiger partial charge in [-0.25, -0.2) is 0 Å². The molecule has 128 valence electrons. The third-order valence-electron chi connectivity index (χ3n) is 4.05. The van der Waals surface area contributed by atoms with Gasteiger partial charge in [0.15, 0.2) is 0 Å². The molecule has 0 radical (unpaired) electrons. The average Bonchev–Trinajstić information content (AvgIpc) is 3.27. The Balaban J connectivity index is 1.72. The van der Waals surface area contributed by atoms with E-state index in [1.807, 2.05) is 36.4 Å². The molecule has 4 aromatic rings. The van der Waals surface area contributed by atoms with Gasteiger partial charge in [-0.1, -0.05) is 66.3 Å². The van der Waals surface area contributed by atoms with Crippen molar-refractivity contribution in [2.75, 3.05) is 0 Å². The summed E-state index contributed by atoms with van der Waals surface area (Å²) in [4.78, 5) is 12.6. The number of hydrogen-bond acceptors (Lipinski definition) is 4. The normalized spacial score (nSPS) is 11.8. The van der Waals surface area contributed by atoms with E-state index in [1.165, 1.54) is 15.8 Å². The molecule has 0 aliphatic heterocycles. The minimum Gasteiger partial charge on any atom is -0.288 e. The van der Waals surface area contributed by atoms with Crippen LogP contribution in [0.4, 0.5) is 0 Å². The summed E-state index contributed by atoms with van der Waals surface area (Å²) in [6.07, 6.45) is 2.65. The first-order chi connectivity index (χ1) is 12.7. The molecule has 0 atom stereocenters. The molecule has 0 saturated heterocycles. The van der Waals surface area contributed by atoms with Crippen LogP contribution in [-0.2, 0) is 6.42 Å². The van der Waals surface area contributed by atoms with Crippen molar-refractivity contribution in [1.82, 2.24) is 30.4 Å². The quantitative estimate of drug-likeness (QED) is 0.564. The molecule has 0 aliphatic carbocycles. The lowest BCUT2D eigenvalue weighted by molar-refractivity contribution is 0.779. The van der Waals surface area contributed by atoms with Crippen LogP contribution in [0.5, 0.6) is 0 Å². The number of aromatic nitrogens is 6. The number of nitrogens with one attached hydrogen (secondary N) is 2. The Hall–Kier alpha value is -3.74. The van der Waals surface area contributed by atoms with E-state index in [2.05, 4.69) is 56.6 Å². The van der Waals surface area contributed by atoms with Gasteiger partial charge in [-0.3, -0.25) is 9.89 Å². The van der Waals surface area contributed by atoms with Crippen molar-refractivity contribution in [2.24, 2.45) is 0 Å². The fourth-order valence-electron chi connectivity index (χ4n) is 2.83. The maximum atomic E-state index is 12.6. The zero-order valence-electron chi connectivity index (χ0n) is 13.9. The summed E-state index contributed by atoms with van der Waals surface area (Å²) in [5.41, 5.74) is 3.07. The van der Waals surface area contributed by atoms with Crippen molar-refractivity contribution >= 4 is 12.7 Å². The van der Waals surface area contributed by atoms with Gasteiger partial charge in [0.1, 0.15) is 0 Å². The van der Waals surface area contributed by atoms with Crippen molar-refractivity contribution < 1.29 is 0 Å². The molecule has 7 heteroatoms. The summed E-state index contributed by atoms with van der Waals surface area (Å²) in [5.74, 6) is 0.150.